The van der Waals surface area contributed by atoms with E-state index < -0.39 is 5.97 Å². The molecule has 0 radical (unpaired) electrons. The molecule has 1 heterocycles. The molecule has 0 bridgehead atoms. The van der Waals surface area contributed by atoms with Crippen LogP contribution in [0.1, 0.15) is 25.8 Å². The highest BCUT2D eigenvalue weighted by Gasteiger charge is 2.22. The zero-order valence-electron chi connectivity index (χ0n) is 10.4. The molecule has 1 aromatic carbocycles. The predicted molar refractivity (Wildman–Crippen MR) is 68.7 cm³/mol. The van der Waals surface area contributed by atoms with Gasteiger partial charge in [0.05, 0.1) is 17.5 Å². The highest BCUT2D eigenvalue weighted by atomic mass is 16.4. The summed E-state index contributed by atoms with van der Waals surface area (Å²) in [4.78, 5) is 27.3. The van der Waals surface area contributed by atoms with Gasteiger partial charge in [0.1, 0.15) is 0 Å². The second-order valence-corrected chi connectivity index (χ2v) is 5.37. The smallest absolute Gasteiger partial charge is 0.323 e. The summed E-state index contributed by atoms with van der Waals surface area (Å²) in [6.45, 7) is 3.84. The van der Waals surface area contributed by atoms with Gasteiger partial charge in [-0.15, -0.1) is 0 Å². The van der Waals surface area contributed by atoms with E-state index in [9.17, 15) is 9.59 Å². The fourth-order valence-corrected chi connectivity index (χ4v) is 2.21. The molecule has 3 N–H and O–H groups in total. The number of H-pyrrole nitrogens is 2. The van der Waals surface area contributed by atoms with Crippen LogP contribution >= 0.6 is 0 Å². The van der Waals surface area contributed by atoms with Crippen molar-refractivity contribution in [3.05, 3.63) is 34.2 Å². The molecule has 0 atom stereocenters. The summed E-state index contributed by atoms with van der Waals surface area (Å²) in [5, 5.41) is 8.85. The van der Waals surface area contributed by atoms with Gasteiger partial charge >= 0.3 is 11.7 Å². The Bertz CT molecular complexity index is 637. The molecule has 0 saturated heterocycles. The van der Waals surface area contributed by atoms with E-state index in [1.165, 1.54) is 0 Å². The van der Waals surface area contributed by atoms with Gasteiger partial charge in [-0.25, -0.2) is 4.79 Å². The van der Waals surface area contributed by atoms with Gasteiger partial charge in [0.15, 0.2) is 0 Å². The Morgan fingerprint density at radius 1 is 1.28 bits per heavy atom. The maximum atomic E-state index is 11.1. The molecule has 0 fully saturated rings. The number of carboxylic acids is 1. The number of imidazole rings is 1. The Labute approximate surface area is 104 Å². The first-order valence-corrected chi connectivity index (χ1v) is 5.78. The Hall–Kier alpha value is -2.04. The molecule has 0 spiro atoms. The quantitative estimate of drug-likeness (QED) is 0.772. The van der Waals surface area contributed by atoms with Crippen LogP contribution in [0.5, 0.6) is 0 Å². The van der Waals surface area contributed by atoms with Gasteiger partial charge in [0, 0.05) is 0 Å². The van der Waals surface area contributed by atoms with E-state index in [4.69, 9.17) is 5.11 Å². The van der Waals surface area contributed by atoms with Gasteiger partial charge in [-0.1, -0.05) is 19.9 Å². The van der Waals surface area contributed by atoms with Gasteiger partial charge in [0.25, 0.3) is 0 Å². The highest BCUT2D eigenvalue weighted by molar-refractivity contribution is 5.75. The van der Waals surface area contributed by atoms with Crippen LogP contribution in [0.3, 0.4) is 0 Å². The Morgan fingerprint density at radius 3 is 2.61 bits per heavy atom. The third-order valence-electron chi connectivity index (χ3n) is 2.89. The lowest BCUT2D eigenvalue weighted by Gasteiger charge is -2.22. The number of carbonyl (C=O) groups is 1. The Morgan fingerprint density at radius 2 is 1.94 bits per heavy atom. The zero-order valence-corrected chi connectivity index (χ0v) is 10.4. The number of aliphatic carboxylic acids is 1. The molecule has 96 valence electrons. The van der Waals surface area contributed by atoms with Crippen molar-refractivity contribution in [3.63, 3.8) is 0 Å². The van der Waals surface area contributed by atoms with Crippen LogP contribution in [0.25, 0.3) is 11.0 Å². The lowest BCUT2D eigenvalue weighted by atomic mass is 9.83. The molecule has 0 aliphatic heterocycles. The molecule has 1 aromatic heterocycles. The van der Waals surface area contributed by atoms with E-state index in [1.54, 1.807) is 0 Å². The second kappa shape index (κ2) is 4.33. The zero-order chi connectivity index (χ0) is 13.3. The standard InChI is InChI=1S/C13H16N2O3/c1-13(2,7-11(16)17)6-8-3-4-9-10(5-8)15-12(18)14-9/h3-5H,6-7H2,1-2H3,(H,16,17)(H2,14,15,18). The maximum Gasteiger partial charge on any atom is 0.323 e. The van der Waals surface area contributed by atoms with E-state index in [1.807, 2.05) is 32.0 Å². The molecule has 0 unspecified atom stereocenters. The topological polar surface area (TPSA) is 85.9 Å². The summed E-state index contributed by atoms with van der Waals surface area (Å²) >= 11 is 0. The van der Waals surface area contributed by atoms with E-state index in [2.05, 4.69) is 9.97 Å². The minimum Gasteiger partial charge on any atom is -0.481 e. The number of aromatic nitrogens is 2. The highest BCUT2D eigenvalue weighted by Crippen LogP contribution is 2.26. The summed E-state index contributed by atoms with van der Waals surface area (Å²) in [7, 11) is 0. The van der Waals surface area contributed by atoms with Crippen LogP contribution in [0.15, 0.2) is 23.0 Å². The van der Waals surface area contributed by atoms with Crippen LogP contribution in [-0.4, -0.2) is 21.0 Å². The lowest BCUT2D eigenvalue weighted by Crippen LogP contribution is -2.19. The molecule has 5 heteroatoms. The van der Waals surface area contributed by atoms with Crippen molar-refractivity contribution >= 4 is 17.0 Å². The van der Waals surface area contributed by atoms with Gasteiger partial charge in [0.2, 0.25) is 0 Å². The van der Waals surface area contributed by atoms with Crippen molar-refractivity contribution in [2.45, 2.75) is 26.7 Å². The molecule has 5 nitrogen and oxygen atoms in total. The van der Waals surface area contributed by atoms with Gasteiger partial charge in [-0.3, -0.25) is 4.79 Å². The molecule has 0 aliphatic carbocycles. The molecule has 0 amide bonds. The van der Waals surface area contributed by atoms with Gasteiger partial charge in [-0.2, -0.15) is 0 Å². The number of hydrogen-bond acceptors (Lipinski definition) is 2. The Balaban J connectivity index is 2.26. The van der Waals surface area contributed by atoms with Crippen LogP contribution < -0.4 is 5.69 Å². The molecule has 0 saturated carbocycles. The normalized spacial score (nSPS) is 11.9. The first-order valence-electron chi connectivity index (χ1n) is 5.78. The molecule has 0 aliphatic rings. The van der Waals surface area contributed by atoms with E-state index >= 15 is 0 Å². The van der Waals surface area contributed by atoms with Crippen molar-refractivity contribution < 1.29 is 9.90 Å². The molecule has 2 rings (SSSR count). The summed E-state index contributed by atoms with van der Waals surface area (Å²) in [6.07, 6.45) is 0.775. The summed E-state index contributed by atoms with van der Waals surface area (Å²) in [6, 6.07) is 5.63. The summed E-state index contributed by atoms with van der Waals surface area (Å²) in [5.74, 6) is -0.795. The minimum absolute atomic E-state index is 0.120. The number of rotatable bonds is 4. The van der Waals surface area contributed by atoms with Crippen LogP contribution in [0.2, 0.25) is 0 Å². The number of nitrogens with one attached hydrogen (secondary N) is 2. The van der Waals surface area contributed by atoms with Crippen molar-refractivity contribution in [3.8, 4) is 0 Å². The maximum absolute atomic E-state index is 11.1. The van der Waals surface area contributed by atoms with Crippen LogP contribution in [0, 0.1) is 5.41 Å². The fraction of sp³-hybridized carbons (Fsp3) is 0.385. The van der Waals surface area contributed by atoms with E-state index in [-0.39, 0.29) is 17.5 Å². The first kappa shape index (κ1) is 12.4. The third kappa shape index (κ3) is 2.80. The van der Waals surface area contributed by atoms with Crippen molar-refractivity contribution in [2.24, 2.45) is 5.41 Å². The monoisotopic (exact) mass is 248 g/mol. The average Bonchev–Trinajstić information content (AvgIpc) is 2.54. The number of fused-ring (bicyclic) bond motifs is 1. The third-order valence-corrected chi connectivity index (χ3v) is 2.89. The lowest BCUT2D eigenvalue weighted by molar-refractivity contribution is -0.139. The van der Waals surface area contributed by atoms with Crippen molar-refractivity contribution in [2.75, 3.05) is 0 Å². The minimum atomic E-state index is -0.795. The summed E-state index contributed by atoms with van der Waals surface area (Å²) < 4.78 is 0. The number of carboxylic acid groups (broad SMARTS) is 1. The fourth-order valence-electron chi connectivity index (χ4n) is 2.21. The van der Waals surface area contributed by atoms with Crippen molar-refractivity contribution in [1.82, 2.24) is 9.97 Å². The SMILES string of the molecule is CC(C)(CC(=O)O)Cc1ccc2[nH]c(=O)[nH]c2c1. The predicted octanol–water partition coefficient (Wildman–Crippen LogP) is 1.90. The molecule has 18 heavy (non-hydrogen) atoms. The Kier molecular flexibility index (Phi) is 2.98. The second-order valence-electron chi connectivity index (χ2n) is 5.37. The van der Waals surface area contributed by atoms with Gasteiger partial charge < -0.3 is 15.1 Å². The molecular formula is C13H16N2O3. The number of hydrogen-bond donors (Lipinski definition) is 3. The first-order chi connectivity index (χ1) is 8.35. The van der Waals surface area contributed by atoms with Crippen molar-refractivity contribution in [1.29, 1.82) is 0 Å². The van der Waals surface area contributed by atoms with Crippen LogP contribution in [-0.2, 0) is 11.2 Å². The number of aromatic amines is 2. The molecular weight excluding hydrogens is 232 g/mol. The summed E-state index contributed by atoms with van der Waals surface area (Å²) in [5.41, 5.74) is 2.00. The van der Waals surface area contributed by atoms with E-state index in [0.29, 0.717) is 6.42 Å². The van der Waals surface area contributed by atoms with Gasteiger partial charge in [-0.05, 0) is 29.5 Å². The molecule has 2 aromatic rings. The largest absolute Gasteiger partial charge is 0.481 e. The number of benzene rings is 1. The average molecular weight is 248 g/mol. The van der Waals surface area contributed by atoms with Crippen LogP contribution in [0.4, 0.5) is 0 Å². The van der Waals surface area contributed by atoms with E-state index in [0.717, 1.165) is 16.6 Å².